The molecule has 0 N–H and O–H groups in total. The third-order valence-electron chi connectivity index (χ3n) is 23.4. The van der Waals surface area contributed by atoms with Gasteiger partial charge in [-0.1, -0.05) is 84.9 Å². The van der Waals surface area contributed by atoms with Gasteiger partial charge in [-0.25, -0.2) is 24.9 Å². The number of hydrogen-bond acceptors (Lipinski definition) is 10. The third-order valence-corrected chi connectivity index (χ3v) is 23.4. The van der Waals surface area contributed by atoms with Crippen LogP contribution < -0.4 is 0 Å². The largest absolute Gasteiger partial charge is 0.296 e. The number of aromatic nitrogens is 15. The van der Waals surface area contributed by atoms with E-state index >= 15 is 0 Å². The topological polar surface area (TPSA) is 151 Å². The minimum absolute atomic E-state index is 1.05. The number of pyridine rings is 10. The monoisotopic (exact) mass is 1340 g/mol. The fourth-order valence-corrected chi connectivity index (χ4v) is 18.6. The van der Waals surface area contributed by atoms with Crippen LogP contribution in [-0.4, -0.2) is 71.8 Å². The number of hydrogen-bond donors (Lipinski definition) is 0. The second kappa shape index (κ2) is 22.2. The van der Waals surface area contributed by atoms with Crippen molar-refractivity contribution in [1.29, 1.82) is 0 Å². The van der Waals surface area contributed by atoms with E-state index in [1.165, 1.54) is 160 Å². The second-order valence-electron chi connectivity index (χ2n) is 29.0. The van der Waals surface area contributed by atoms with Crippen LogP contribution in [0.4, 0.5) is 0 Å². The Labute approximate surface area is 591 Å². The lowest BCUT2D eigenvalue weighted by Gasteiger charge is -2.19. The Kier molecular flexibility index (Phi) is 12.9. The lowest BCUT2D eigenvalue weighted by atomic mass is 9.95. The van der Waals surface area contributed by atoms with Crippen molar-refractivity contribution in [3.05, 3.63) is 266 Å². The molecule has 0 radical (unpaired) electrons. The zero-order valence-electron chi connectivity index (χ0n) is 58.9. The maximum absolute atomic E-state index is 4.87. The third kappa shape index (κ3) is 8.44. The van der Waals surface area contributed by atoms with Crippen molar-refractivity contribution in [2.45, 2.75) is 120 Å². The Balaban J connectivity index is 0.0000000835. The van der Waals surface area contributed by atoms with Gasteiger partial charge >= 0.3 is 0 Å². The maximum atomic E-state index is 4.87. The van der Waals surface area contributed by atoms with Crippen LogP contribution in [0.3, 0.4) is 0 Å². The molecule has 0 aliphatic carbocycles. The first-order valence-electron chi connectivity index (χ1n) is 36.3. The maximum Gasteiger partial charge on any atom is 0.147 e. The lowest BCUT2D eigenvalue weighted by Crippen LogP contribution is -2.09. The van der Waals surface area contributed by atoms with Gasteiger partial charge in [0.1, 0.15) is 28.2 Å². The van der Waals surface area contributed by atoms with Crippen LogP contribution >= 0.6 is 0 Å². The Morgan fingerprint density at radius 1 is 0.252 bits per heavy atom. The molecule has 0 atom stereocenters. The van der Waals surface area contributed by atoms with Crippen LogP contribution in [0.2, 0.25) is 0 Å². The second-order valence-corrected chi connectivity index (χ2v) is 29.0. The van der Waals surface area contributed by atoms with E-state index in [1.54, 1.807) is 0 Å². The van der Waals surface area contributed by atoms with Crippen molar-refractivity contribution in [3.63, 3.8) is 0 Å². The molecule has 0 fully saturated rings. The van der Waals surface area contributed by atoms with Gasteiger partial charge in [-0.3, -0.25) is 46.9 Å². The molecule has 15 aromatic heterocycles. The van der Waals surface area contributed by atoms with Crippen LogP contribution in [0.25, 0.3) is 137 Å². The molecule has 498 valence electrons. The minimum Gasteiger partial charge on any atom is -0.296 e. The number of benzene rings is 5. The first kappa shape index (κ1) is 59.7. The van der Waals surface area contributed by atoms with E-state index in [1.807, 2.05) is 55.6 Å². The number of imidazole rings is 5. The quantitative estimate of drug-likeness (QED) is 0.134. The lowest BCUT2D eigenvalue weighted by molar-refractivity contribution is 0.859. The predicted molar refractivity (Wildman–Crippen MR) is 415 cm³/mol. The summed E-state index contributed by atoms with van der Waals surface area (Å²) in [7, 11) is 0. The molecule has 5 aliphatic rings. The minimum atomic E-state index is 1.05. The van der Waals surface area contributed by atoms with Gasteiger partial charge in [0.25, 0.3) is 0 Å². The van der Waals surface area contributed by atoms with E-state index in [2.05, 4.69) is 216 Å². The van der Waals surface area contributed by atoms with Gasteiger partial charge < -0.3 is 0 Å². The highest BCUT2D eigenvalue weighted by Crippen LogP contribution is 2.43. The van der Waals surface area contributed by atoms with Gasteiger partial charge in [0.2, 0.25) is 0 Å². The Hall–Kier alpha value is -12.1. The molecular weight excluding hydrogens is 1270 g/mol. The van der Waals surface area contributed by atoms with Crippen molar-refractivity contribution in [1.82, 2.24) is 71.8 Å². The zero-order chi connectivity index (χ0) is 68.9. The summed E-state index contributed by atoms with van der Waals surface area (Å²) in [6, 6.07) is 41.0. The Bertz CT molecular complexity index is 6490. The zero-order valence-corrected chi connectivity index (χ0v) is 58.9. The summed E-state index contributed by atoms with van der Waals surface area (Å²) in [5, 5.41) is 16.1. The van der Waals surface area contributed by atoms with Crippen molar-refractivity contribution < 1.29 is 0 Å². The van der Waals surface area contributed by atoms with Crippen LogP contribution in [-0.2, 0) is 64.2 Å². The molecule has 25 rings (SSSR count). The number of aryl methyl sites for hydroxylation is 18. The van der Waals surface area contributed by atoms with E-state index in [4.69, 9.17) is 19.9 Å². The van der Waals surface area contributed by atoms with E-state index in [0.717, 1.165) is 143 Å². The van der Waals surface area contributed by atoms with Gasteiger partial charge in [0.15, 0.2) is 0 Å². The molecular formula is C88H71N15. The van der Waals surface area contributed by atoms with Crippen molar-refractivity contribution in [3.8, 4) is 0 Å². The summed E-state index contributed by atoms with van der Waals surface area (Å²) in [5.74, 6) is 0. The number of nitrogens with zero attached hydrogens (tertiary/aromatic N) is 15. The molecule has 0 spiro atoms. The standard InChI is InChI=1S/4C18H15N3.C16H11N3/c1-10-3-4-12-5-6-15-11(2)20-18-13-7-8-19-9-14(13)16(10)17(12)21(15)18;1-10-3-4-12-5-6-15-11(2)20-18-14-9-19-8-7-13(14)16(10)17(12)21(15)18;1-10-5-6-12-7-8-14-11(2)20-18-13-4-3-9-19-16(13)15(10)17(12)21(14)18;1-10-15-8-7-12-9-19-11(2)16-13-5-3-4-6-14(13)18(20-10)21(15)17(12)16;1-2-4-13-12(3-1)14-15-10(7-8-17-14)5-6-11-9-18-16(13)19(11)15/h2*3-4,7-9H,5-6H2,1-2H3;2*3-6,9H,7-8H2,1-2H3;1-4,7-9H,5-6H2. The molecule has 5 aromatic carbocycles. The highest BCUT2D eigenvalue weighted by Gasteiger charge is 2.29. The number of fused-ring (bicyclic) bond motifs is 15. The highest BCUT2D eigenvalue weighted by atomic mass is 15.1. The summed E-state index contributed by atoms with van der Waals surface area (Å²) in [6.45, 7) is 17.2. The van der Waals surface area contributed by atoms with Crippen LogP contribution in [0.15, 0.2) is 165 Å². The number of rotatable bonds is 0. The molecule has 15 nitrogen and oxygen atoms in total. The van der Waals surface area contributed by atoms with E-state index in [9.17, 15) is 0 Å². The Morgan fingerprint density at radius 2 is 0.689 bits per heavy atom. The molecule has 0 bridgehead atoms. The van der Waals surface area contributed by atoms with Gasteiger partial charge in [0.05, 0.1) is 61.4 Å². The van der Waals surface area contributed by atoms with Crippen LogP contribution in [0, 0.1) is 55.4 Å². The van der Waals surface area contributed by atoms with Gasteiger partial charge in [-0.05, 0) is 205 Å². The average Bonchev–Trinajstić information content (AvgIpc) is 1.70. The SMILES string of the molecule is Cc1nc2c3ccccc3c3c(C)ncc4c3n2c1CC4.Cc1nc2c3cccnc3c3c(C)ccc4c3n2c1CC4.Cc1nc2c3ccncc3c3c(C)ccc4c3n2c1CC4.Cc1nc2c3cnccc3c3c(C)ccc4c3n2c1CC4.c1ccc2c(c1)c1nccc3c1n1c(cnc21)CC3. The van der Waals surface area contributed by atoms with E-state index in [0.29, 0.717) is 0 Å². The molecule has 0 saturated carbocycles. The summed E-state index contributed by atoms with van der Waals surface area (Å²) in [6.07, 6.45) is 26.3. The first-order chi connectivity index (χ1) is 50.4. The van der Waals surface area contributed by atoms with Gasteiger partial charge in [-0.2, -0.15) is 0 Å². The molecule has 20 heterocycles. The van der Waals surface area contributed by atoms with E-state index in [-0.39, 0.29) is 0 Å². The van der Waals surface area contributed by atoms with Crippen LogP contribution in [0.5, 0.6) is 0 Å². The van der Waals surface area contributed by atoms with Gasteiger partial charge in [0, 0.05) is 143 Å². The molecule has 0 unspecified atom stereocenters. The first-order valence-corrected chi connectivity index (χ1v) is 36.3. The van der Waals surface area contributed by atoms with Gasteiger partial charge in [-0.15, -0.1) is 0 Å². The average molecular weight is 1340 g/mol. The van der Waals surface area contributed by atoms with Crippen molar-refractivity contribution in [2.24, 2.45) is 0 Å². The smallest absolute Gasteiger partial charge is 0.147 e. The van der Waals surface area contributed by atoms with Crippen LogP contribution in [0.1, 0.15) is 101 Å². The molecule has 20 aromatic rings. The predicted octanol–water partition coefficient (Wildman–Crippen LogP) is 18.1. The molecule has 0 amide bonds. The van der Waals surface area contributed by atoms with Crippen molar-refractivity contribution in [2.75, 3.05) is 0 Å². The highest BCUT2D eigenvalue weighted by molar-refractivity contribution is 6.17. The summed E-state index contributed by atoms with van der Waals surface area (Å²) >= 11 is 0. The summed E-state index contributed by atoms with van der Waals surface area (Å²) in [4.78, 5) is 46.7. The van der Waals surface area contributed by atoms with E-state index < -0.39 is 0 Å². The normalized spacial score (nSPS) is 13.8. The fraction of sp³-hybridized carbons (Fsp3) is 0.205. The summed E-state index contributed by atoms with van der Waals surface area (Å²) in [5.41, 5.74) is 37.5. The molecule has 5 aliphatic heterocycles. The molecule has 0 saturated heterocycles. The molecule has 15 heteroatoms. The fourth-order valence-electron chi connectivity index (χ4n) is 18.6. The Morgan fingerprint density at radius 3 is 1.30 bits per heavy atom. The van der Waals surface area contributed by atoms with Crippen molar-refractivity contribution >= 4 is 137 Å². The molecule has 103 heavy (non-hydrogen) atoms. The summed E-state index contributed by atoms with van der Waals surface area (Å²) < 4.78 is 11.8.